The Bertz CT molecular complexity index is 516. The van der Waals surface area contributed by atoms with Crippen LogP contribution in [0.3, 0.4) is 0 Å². The molecule has 5 nitrogen and oxygen atoms in total. The van der Waals surface area contributed by atoms with E-state index in [0.29, 0.717) is 30.3 Å². The summed E-state index contributed by atoms with van der Waals surface area (Å²) in [5.41, 5.74) is 0.612. The highest BCUT2D eigenvalue weighted by molar-refractivity contribution is 9.09. The maximum Gasteiger partial charge on any atom is 0.257 e. The zero-order valence-electron chi connectivity index (χ0n) is 11.9. The molecule has 1 amide bonds. The van der Waals surface area contributed by atoms with Gasteiger partial charge in [0.15, 0.2) is 11.5 Å². The van der Waals surface area contributed by atoms with Gasteiger partial charge in [-0.05, 0) is 12.1 Å². The predicted molar refractivity (Wildman–Crippen MR) is 83.6 cm³/mol. The van der Waals surface area contributed by atoms with Gasteiger partial charge < -0.3 is 14.4 Å². The van der Waals surface area contributed by atoms with Gasteiger partial charge in [0.05, 0.1) is 5.56 Å². The molecule has 0 radical (unpaired) electrons. The second-order valence-corrected chi connectivity index (χ2v) is 5.95. The van der Waals surface area contributed by atoms with Crippen LogP contribution in [0.1, 0.15) is 10.4 Å². The van der Waals surface area contributed by atoms with E-state index in [4.69, 9.17) is 9.47 Å². The van der Waals surface area contributed by atoms with E-state index in [9.17, 15) is 4.79 Å². The lowest BCUT2D eigenvalue weighted by molar-refractivity contribution is 0.0635. The number of hydrogen-bond donors (Lipinski definition) is 0. The monoisotopic (exact) mass is 354 g/mol. The van der Waals surface area contributed by atoms with E-state index in [0.717, 1.165) is 38.1 Å². The second kappa shape index (κ2) is 6.66. The molecule has 6 heteroatoms. The molecule has 2 aliphatic heterocycles. The molecule has 0 saturated carbocycles. The molecule has 2 aliphatic rings. The smallest absolute Gasteiger partial charge is 0.257 e. The lowest BCUT2D eigenvalue weighted by Gasteiger charge is -2.35. The topological polar surface area (TPSA) is 42.0 Å². The zero-order chi connectivity index (χ0) is 14.7. The fourth-order valence-corrected chi connectivity index (χ4v) is 3.21. The molecule has 0 spiro atoms. The molecule has 0 aliphatic carbocycles. The molecule has 1 aromatic rings. The molecule has 2 heterocycles. The molecule has 1 aromatic carbocycles. The Hall–Kier alpha value is -1.27. The number of benzene rings is 1. The Morgan fingerprint density at radius 3 is 2.67 bits per heavy atom. The van der Waals surface area contributed by atoms with Crippen molar-refractivity contribution in [2.45, 2.75) is 0 Å². The standard InChI is InChI=1S/C15H19BrN2O3/c16-4-5-17-6-8-18(9-7-17)15(19)12-2-1-3-13-14(12)21-11-10-20-13/h1-3H,4-11H2. The van der Waals surface area contributed by atoms with Gasteiger partial charge in [-0.1, -0.05) is 22.0 Å². The summed E-state index contributed by atoms with van der Waals surface area (Å²) in [5, 5.41) is 0.971. The first kappa shape index (κ1) is 14.7. The number of halogens is 1. The number of nitrogens with zero attached hydrogens (tertiary/aromatic N) is 2. The van der Waals surface area contributed by atoms with Gasteiger partial charge >= 0.3 is 0 Å². The van der Waals surface area contributed by atoms with Crippen molar-refractivity contribution in [3.05, 3.63) is 23.8 Å². The molecule has 0 aromatic heterocycles. The molecule has 21 heavy (non-hydrogen) atoms. The fraction of sp³-hybridized carbons (Fsp3) is 0.533. The first-order chi connectivity index (χ1) is 10.3. The van der Waals surface area contributed by atoms with Crippen molar-refractivity contribution < 1.29 is 14.3 Å². The van der Waals surface area contributed by atoms with E-state index < -0.39 is 0 Å². The van der Waals surface area contributed by atoms with E-state index in [2.05, 4.69) is 20.8 Å². The van der Waals surface area contributed by atoms with Crippen molar-refractivity contribution in [1.82, 2.24) is 9.80 Å². The fourth-order valence-electron chi connectivity index (χ4n) is 2.71. The summed E-state index contributed by atoms with van der Waals surface area (Å²) in [7, 11) is 0. The highest BCUT2D eigenvalue weighted by Crippen LogP contribution is 2.34. The van der Waals surface area contributed by atoms with E-state index in [1.54, 1.807) is 0 Å². The number of para-hydroxylation sites is 1. The van der Waals surface area contributed by atoms with E-state index in [-0.39, 0.29) is 5.91 Å². The lowest BCUT2D eigenvalue weighted by Crippen LogP contribution is -2.49. The Morgan fingerprint density at radius 2 is 1.90 bits per heavy atom. The summed E-state index contributed by atoms with van der Waals surface area (Å²) in [6.07, 6.45) is 0. The third-order valence-corrected chi connectivity index (χ3v) is 4.21. The molecule has 114 valence electrons. The van der Waals surface area contributed by atoms with Gasteiger partial charge in [-0.25, -0.2) is 0 Å². The van der Waals surface area contributed by atoms with Gasteiger partial charge in [0.25, 0.3) is 5.91 Å². The van der Waals surface area contributed by atoms with E-state index >= 15 is 0 Å². The van der Waals surface area contributed by atoms with Crippen LogP contribution in [-0.4, -0.2) is 67.0 Å². The van der Waals surface area contributed by atoms with E-state index in [1.807, 2.05) is 23.1 Å². The number of hydrogen-bond acceptors (Lipinski definition) is 4. The van der Waals surface area contributed by atoms with Crippen LogP contribution in [-0.2, 0) is 0 Å². The molecular formula is C15H19BrN2O3. The number of alkyl halides is 1. The summed E-state index contributed by atoms with van der Waals surface area (Å²) >= 11 is 3.45. The lowest BCUT2D eigenvalue weighted by atomic mass is 10.1. The normalized spacial score (nSPS) is 18.6. The number of fused-ring (bicyclic) bond motifs is 1. The Kier molecular flexibility index (Phi) is 4.65. The molecule has 1 fully saturated rings. The number of ether oxygens (including phenoxy) is 2. The van der Waals surface area contributed by atoms with Gasteiger partial charge in [0.1, 0.15) is 13.2 Å². The van der Waals surface area contributed by atoms with Crippen LogP contribution in [0.15, 0.2) is 18.2 Å². The predicted octanol–water partition coefficient (Wildman–Crippen LogP) is 1.61. The minimum absolute atomic E-state index is 0.0378. The van der Waals surface area contributed by atoms with E-state index in [1.165, 1.54) is 0 Å². The number of piperazine rings is 1. The van der Waals surface area contributed by atoms with Crippen molar-refractivity contribution >= 4 is 21.8 Å². The Balaban J connectivity index is 1.72. The zero-order valence-corrected chi connectivity index (χ0v) is 13.5. The molecule has 0 N–H and O–H groups in total. The van der Waals surface area contributed by atoms with Crippen LogP contribution in [0.4, 0.5) is 0 Å². The molecule has 0 unspecified atom stereocenters. The molecule has 3 rings (SSSR count). The van der Waals surface area contributed by atoms with Crippen molar-refractivity contribution in [3.63, 3.8) is 0 Å². The summed E-state index contributed by atoms with van der Waals surface area (Å²) in [6.45, 7) is 5.42. The third-order valence-electron chi connectivity index (χ3n) is 3.86. The third kappa shape index (κ3) is 3.16. The van der Waals surface area contributed by atoms with Crippen LogP contribution in [0.25, 0.3) is 0 Å². The Labute approximate surface area is 132 Å². The molecule has 0 bridgehead atoms. The molecular weight excluding hydrogens is 336 g/mol. The first-order valence-corrected chi connectivity index (χ1v) is 8.38. The minimum atomic E-state index is 0.0378. The summed E-state index contributed by atoms with van der Waals surface area (Å²) < 4.78 is 11.2. The van der Waals surface area contributed by atoms with Crippen LogP contribution in [0.2, 0.25) is 0 Å². The van der Waals surface area contributed by atoms with Crippen LogP contribution in [0, 0.1) is 0 Å². The highest BCUT2D eigenvalue weighted by Gasteiger charge is 2.26. The summed E-state index contributed by atoms with van der Waals surface area (Å²) in [5.74, 6) is 1.30. The maximum atomic E-state index is 12.7. The number of rotatable bonds is 3. The van der Waals surface area contributed by atoms with Crippen molar-refractivity contribution in [2.24, 2.45) is 0 Å². The average molecular weight is 355 g/mol. The van der Waals surface area contributed by atoms with Crippen molar-refractivity contribution in [2.75, 3.05) is 51.3 Å². The largest absolute Gasteiger partial charge is 0.486 e. The maximum absolute atomic E-state index is 12.7. The highest BCUT2D eigenvalue weighted by atomic mass is 79.9. The average Bonchev–Trinajstić information content (AvgIpc) is 2.55. The molecule has 0 atom stereocenters. The van der Waals surface area contributed by atoms with Crippen LogP contribution >= 0.6 is 15.9 Å². The van der Waals surface area contributed by atoms with Gasteiger partial charge in [-0.2, -0.15) is 0 Å². The van der Waals surface area contributed by atoms with Gasteiger partial charge in [0.2, 0.25) is 0 Å². The van der Waals surface area contributed by atoms with Crippen molar-refractivity contribution in [1.29, 1.82) is 0 Å². The van der Waals surface area contributed by atoms with Crippen molar-refractivity contribution in [3.8, 4) is 11.5 Å². The number of carbonyl (C=O) groups is 1. The quantitative estimate of drug-likeness (QED) is 0.773. The Morgan fingerprint density at radius 1 is 1.14 bits per heavy atom. The summed E-state index contributed by atoms with van der Waals surface area (Å²) in [4.78, 5) is 17.0. The minimum Gasteiger partial charge on any atom is -0.486 e. The van der Waals surface area contributed by atoms with Gasteiger partial charge in [0, 0.05) is 38.1 Å². The molecule has 1 saturated heterocycles. The van der Waals surface area contributed by atoms with Gasteiger partial charge in [-0.15, -0.1) is 0 Å². The summed E-state index contributed by atoms with van der Waals surface area (Å²) in [6, 6.07) is 5.52. The van der Waals surface area contributed by atoms with Crippen LogP contribution in [0.5, 0.6) is 11.5 Å². The first-order valence-electron chi connectivity index (χ1n) is 7.26. The number of carbonyl (C=O) groups excluding carboxylic acids is 1. The number of amides is 1. The second-order valence-electron chi connectivity index (χ2n) is 5.15. The van der Waals surface area contributed by atoms with Crippen LogP contribution < -0.4 is 9.47 Å². The SMILES string of the molecule is O=C(c1cccc2c1OCCO2)N1CCN(CCBr)CC1. The van der Waals surface area contributed by atoms with Gasteiger partial charge in [-0.3, -0.25) is 9.69 Å².